The van der Waals surface area contributed by atoms with E-state index < -0.39 is 22.6 Å². The lowest BCUT2D eigenvalue weighted by Crippen LogP contribution is -2.53. The maximum Gasteiger partial charge on any atom is 0.308 e. The van der Waals surface area contributed by atoms with Crippen LogP contribution in [0.3, 0.4) is 0 Å². The van der Waals surface area contributed by atoms with Crippen LogP contribution in [0, 0.1) is 0 Å². The summed E-state index contributed by atoms with van der Waals surface area (Å²) in [5.41, 5.74) is 0. The number of thiol groups is 2. The molecule has 1 unspecified atom stereocenters. The van der Waals surface area contributed by atoms with Gasteiger partial charge >= 0.3 is 5.97 Å². The monoisotopic (exact) mass is 436 g/mol. The Morgan fingerprint density at radius 1 is 0.857 bits per heavy atom. The van der Waals surface area contributed by atoms with Crippen LogP contribution < -0.4 is 0 Å². The maximum atomic E-state index is 11.7. The second-order valence-electron chi connectivity index (χ2n) is 7.39. The van der Waals surface area contributed by atoms with E-state index in [0.29, 0.717) is 6.42 Å². The topological polar surface area (TPSA) is 87.0 Å². The molecular formula is C21H40O5S2. The van der Waals surface area contributed by atoms with Crippen LogP contribution in [-0.4, -0.2) is 37.9 Å². The van der Waals surface area contributed by atoms with Gasteiger partial charge in [-0.3, -0.25) is 4.79 Å². The second kappa shape index (κ2) is 16.6. The van der Waals surface area contributed by atoms with E-state index in [4.69, 9.17) is 9.84 Å². The number of allylic oxidation sites excluding steroid dienone is 2. The Morgan fingerprint density at radius 2 is 1.32 bits per heavy atom. The highest BCUT2D eigenvalue weighted by atomic mass is 32.2. The van der Waals surface area contributed by atoms with Gasteiger partial charge in [-0.2, -0.15) is 0 Å². The lowest BCUT2D eigenvalue weighted by Gasteiger charge is -2.34. The third-order valence-electron chi connectivity index (χ3n) is 4.66. The Kier molecular flexibility index (Phi) is 16.4. The molecule has 0 rings (SSSR count). The molecule has 0 radical (unpaired) electrons. The standard InChI is InChI=1S/C21H40O5S2/c1-2-3-4-5-6-7-8-9-10-11-12-13-14-15-16-17-19(23)26-20(24,18-22)21(25,27)28/h9-10,22,24-25,27-28H,2-8,11-18H2,1H3/b10-9-. The molecule has 0 saturated heterocycles. The van der Waals surface area contributed by atoms with Crippen molar-refractivity contribution in [3.8, 4) is 0 Å². The fourth-order valence-corrected chi connectivity index (χ4v) is 3.02. The van der Waals surface area contributed by atoms with Crippen molar-refractivity contribution < 1.29 is 24.9 Å². The molecule has 7 heteroatoms. The number of hydrogen-bond donors (Lipinski definition) is 5. The van der Waals surface area contributed by atoms with Crippen LogP contribution in [0.4, 0.5) is 0 Å². The van der Waals surface area contributed by atoms with Crippen LogP contribution in [0.5, 0.6) is 0 Å². The predicted octanol–water partition coefficient (Wildman–Crippen LogP) is 4.75. The summed E-state index contributed by atoms with van der Waals surface area (Å²) >= 11 is 7.24. The third kappa shape index (κ3) is 13.9. The van der Waals surface area contributed by atoms with Gasteiger partial charge in [-0.1, -0.05) is 70.4 Å². The van der Waals surface area contributed by atoms with E-state index in [2.05, 4.69) is 44.3 Å². The van der Waals surface area contributed by atoms with Gasteiger partial charge < -0.3 is 20.1 Å². The van der Waals surface area contributed by atoms with Crippen LogP contribution >= 0.6 is 25.3 Å². The maximum absolute atomic E-state index is 11.7. The summed E-state index contributed by atoms with van der Waals surface area (Å²) in [5, 5.41) is 28.5. The molecule has 0 aromatic heterocycles. The summed E-state index contributed by atoms with van der Waals surface area (Å²) in [6.07, 6.45) is 19.8. The van der Waals surface area contributed by atoms with E-state index in [0.717, 1.165) is 32.1 Å². The molecule has 0 aliphatic rings. The zero-order valence-corrected chi connectivity index (χ0v) is 19.1. The molecule has 0 saturated carbocycles. The lowest BCUT2D eigenvalue weighted by molar-refractivity contribution is -0.251. The number of carbonyl (C=O) groups excluding carboxylic acids is 1. The summed E-state index contributed by atoms with van der Waals surface area (Å²) in [6.45, 7) is 1.25. The molecule has 0 amide bonds. The average molecular weight is 437 g/mol. The van der Waals surface area contributed by atoms with Crippen molar-refractivity contribution in [2.75, 3.05) is 6.61 Å². The highest BCUT2D eigenvalue weighted by Gasteiger charge is 2.48. The first kappa shape index (κ1) is 27.8. The van der Waals surface area contributed by atoms with Crippen LogP contribution in [-0.2, 0) is 9.53 Å². The SMILES string of the molecule is CCCCCCCC/C=C\CCCCCCCC(=O)OC(O)(CO)C(O)(S)S. The van der Waals surface area contributed by atoms with E-state index in [1.807, 2.05) is 0 Å². The van der Waals surface area contributed by atoms with Crippen molar-refractivity contribution in [1.29, 1.82) is 0 Å². The molecule has 0 aromatic carbocycles. The number of aliphatic hydroxyl groups is 3. The molecule has 0 fully saturated rings. The Hall–Kier alpha value is -0.210. The molecule has 166 valence electrons. The number of esters is 1. The molecule has 0 bridgehead atoms. The molecule has 3 N–H and O–H groups in total. The van der Waals surface area contributed by atoms with Gasteiger partial charge in [-0.25, -0.2) is 0 Å². The molecule has 5 nitrogen and oxygen atoms in total. The van der Waals surface area contributed by atoms with Crippen molar-refractivity contribution in [1.82, 2.24) is 0 Å². The van der Waals surface area contributed by atoms with Gasteiger partial charge in [0, 0.05) is 6.42 Å². The van der Waals surface area contributed by atoms with E-state index >= 15 is 0 Å². The second-order valence-corrected chi connectivity index (χ2v) is 9.03. The summed E-state index contributed by atoms with van der Waals surface area (Å²) < 4.78 is 2.39. The van der Waals surface area contributed by atoms with Gasteiger partial charge in [-0.15, -0.1) is 25.3 Å². The minimum atomic E-state index is -2.53. The molecule has 0 aliphatic carbocycles. The third-order valence-corrected chi connectivity index (χ3v) is 5.36. The molecule has 0 aromatic rings. The van der Waals surface area contributed by atoms with E-state index in [1.54, 1.807) is 0 Å². The fourth-order valence-electron chi connectivity index (χ4n) is 2.79. The number of hydrogen-bond acceptors (Lipinski definition) is 7. The number of carbonyl (C=O) groups is 1. The summed E-state index contributed by atoms with van der Waals surface area (Å²) in [5.74, 6) is -3.23. The summed E-state index contributed by atoms with van der Waals surface area (Å²) in [7, 11) is 0. The van der Waals surface area contributed by atoms with E-state index in [-0.39, 0.29) is 6.42 Å². The zero-order valence-electron chi connectivity index (χ0n) is 17.3. The Bertz CT molecular complexity index is 424. The van der Waals surface area contributed by atoms with Gasteiger partial charge in [0.2, 0.25) is 4.27 Å². The van der Waals surface area contributed by atoms with Gasteiger partial charge in [0.05, 0.1) is 0 Å². The van der Waals surface area contributed by atoms with E-state index in [1.165, 1.54) is 44.9 Å². The number of aliphatic hydroxyl groups excluding tert-OH is 1. The zero-order chi connectivity index (χ0) is 21.3. The van der Waals surface area contributed by atoms with E-state index in [9.17, 15) is 15.0 Å². The van der Waals surface area contributed by atoms with Crippen molar-refractivity contribution in [2.24, 2.45) is 0 Å². The first-order valence-electron chi connectivity index (χ1n) is 10.6. The van der Waals surface area contributed by atoms with Crippen molar-refractivity contribution in [2.45, 2.75) is 107 Å². The van der Waals surface area contributed by atoms with Crippen LogP contribution in [0.2, 0.25) is 0 Å². The fraction of sp³-hybridized carbons (Fsp3) is 0.857. The summed E-state index contributed by atoms with van der Waals surface area (Å²) in [4.78, 5) is 11.7. The normalized spacial score (nSPS) is 14.4. The van der Waals surface area contributed by atoms with Crippen molar-refractivity contribution in [3.05, 3.63) is 12.2 Å². The van der Waals surface area contributed by atoms with Gasteiger partial charge in [0.15, 0.2) is 0 Å². The quantitative estimate of drug-likeness (QED) is 0.0703. The molecular weight excluding hydrogens is 396 g/mol. The Morgan fingerprint density at radius 3 is 1.79 bits per heavy atom. The minimum absolute atomic E-state index is 0.109. The van der Waals surface area contributed by atoms with Crippen LogP contribution in [0.1, 0.15) is 96.8 Å². The molecule has 1 atom stereocenters. The smallest absolute Gasteiger partial charge is 0.308 e. The highest BCUT2D eigenvalue weighted by Crippen LogP contribution is 2.31. The largest absolute Gasteiger partial charge is 0.425 e. The number of ether oxygens (including phenoxy) is 1. The average Bonchev–Trinajstić information content (AvgIpc) is 2.63. The molecule has 0 spiro atoms. The van der Waals surface area contributed by atoms with Crippen LogP contribution in [0.15, 0.2) is 12.2 Å². The molecule has 28 heavy (non-hydrogen) atoms. The first-order valence-corrected chi connectivity index (χ1v) is 11.5. The predicted molar refractivity (Wildman–Crippen MR) is 121 cm³/mol. The lowest BCUT2D eigenvalue weighted by atomic mass is 10.1. The first-order chi connectivity index (χ1) is 13.3. The molecule has 0 heterocycles. The van der Waals surface area contributed by atoms with Gasteiger partial charge in [0.25, 0.3) is 5.79 Å². The number of unbranched alkanes of at least 4 members (excludes halogenated alkanes) is 11. The van der Waals surface area contributed by atoms with Crippen LogP contribution in [0.25, 0.3) is 0 Å². The minimum Gasteiger partial charge on any atom is -0.425 e. The van der Waals surface area contributed by atoms with Gasteiger partial charge in [-0.05, 0) is 32.1 Å². The Balaban J connectivity index is 3.57. The van der Waals surface area contributed by atoms with Gasteiger partial charge in [0.1, 0.15) is 6.61 Å². The van der Waals surface area contributed by atoms with Crippen molar-refractivity contribution >= 4 is 31.2 Å². The highest BCUT2D eigenvalue weighted by molar-refractivity contribution is 8.00. The summed E-state index contributed by atoms with van der Waals surface area (Å²) in [6, 6.07) is 0. The Labute approximate surface area is 181 Å². The molecule has 0 aliphatic heterocycles. The number of rotatable bonds is 18. The van der Waals surface area contributed by atoms with Crippen molar-refractivity contribution in [3.63, 3.8) is 0 Å².